The van der Waals surface area contributed by atoms with Gasteiger partial charge in [-0.15, -0.1) is 11.3 Å². The molecule has 8 heteroatoms. The van der Waals surface area contributed by atoms with Crippen LogP contribution in [0.2, 0.25) is 0 Å². The number of thiophene rings is 1. The van der Waals surface area contributed by atoms with E-state index < -0.39 is 0 Å². The summed E-state index contributed by atoms with van der Waals surface area (Å²) >= 11 is 1.58. The lowest BCUT2D eigenvalue weighted by Gasteiger charge is -2.29. The minimum atomic E-state index is -0.220. The number of rotatable bonds is 6. The van der Waals surface area contributed by atoms with Crippen molar-refractivity contribution >= 4 is 39.2 Å². The van der Waals surface area contributed by atoms with Crippen molar-refractivity contribution in [3.63, 3.8) is 0 Å². The van der Waals surface area contributed by atoms with E-state index in [4.69, 9.17) is 0 Å². The fourth-order valence-corrected chi connectivity index (χ4v) is 5.46. The molecule has 0 radical (unpaired) electrons. The van der Waals surface area contributed by atoms with E-state index in [0.29, 0.717) is 25.9 Å². The van der Waals surface area contributed by atoms with Gasteiger partial charge in [0.25, 0.3) is 0 Å². The highest BCUT2D eigenvalue weighted by molar-refractivity contribution is 7.16. The van der Waals surface area contributed by atoms with Crippen molar-refractivity contribution in [2.24, 2.45) is 0 Å². The number of nitrogens with zero attached hydrogens (tertiary/aromatic N) is 4. The summed E-state index contributed by atoms with van der Waals surface area (Å²) < 4.78 is 0. The molecule has 3 aromatic rings. The maximum atomic E-state index is 12.9. The number of carbonyl (C=O) groups excluding carboxylic acids is 2. The van der Waals surface area contributed by atoms with E-state index in [1.54, 1.807) is 17.7 Å². The van der Waals surface area contributed by atoms with Crippen molar-refractivity contribution in [3.8, 4) is 0 Å². The summed E-state index contributed by atoms with van der Waals surface area (Å²) in [4.78, 5) is 39.3. The van der Waals surface area contributed by atoms with Gasteiger partial charge in [0.05, 0.1) is 5.39 Å². The smallest absolute Gasteiger partial charge is 0.242 e. The van der Waals surface area contributed by atoms with Gasteiger partial charge in [0, 0.05) is 32.6 Å². The molecule has 0 saturated carbocycles. The molecule has 166 valence electrons. The number of fused-ring (bicyclic) bond motifs is 2. The van der Waals surface area contributed by atoms with Gasteiger partial charge >= 0.3 is 0 Å². The Bertz CT molecular complexity index is 1130. The number of hydrogen-bond donors (Lipinski definition) is 1. The lowest BCUT2D eigenvalue weighted by molar-refractivity contribution is -0.132. The van der Waals surface area contributed by atoms with Gasteiger partial charge in [-0.3, -0.25) is 9.59 Å². The second-order valence-corrected chi connectivity index (χ2v) is 9.31. The molecular formula is C24H27N5O2S. The molecule has 2 aliphatic rings. The van der Waals surface area contributed by atoms with Crippen molar-refractivity contribution < 1.29 is 9.59 Å². The number of amides is 2. The van der Waals surface area contributed by atoms with Crippen LogP contribution >= 0.6 is 11.3 Å². The number of hydrogen-bond acceptors (Lipinski definition) is 6. The summed E-state index contributed by atoms with van der Waals surface area (Å²) in [6.45, 7) is 2.79. The predicted molar refractivity (Wildman–Crippen MR) is 126 cm³/mol. The highest BCUT2D eigenvalue weighted by atomic mass is 32.1. The topological polar surface area (TPSA) is 78.4 Å². The van der Waals surface area contributed by atoms with Crippen LogP contribution in [0.15, 0.2) is 42.0 Å². The third kappa shape index (κ3) is 4.19. The Labute approximate surface area is 191 Å². The molecule has 32 heavy (non-hydrogen) atoms. The Kier molecular flexibility index (Phi) is 6.03. The molecule has 0 spiro atoms. The van der Waals surface area contributed by atoms with Crippen LogP contribution in [0.4, 0.5) is 5.82 Å². The number of carbonyl (C=O) groups is 2. The molecule has 5 rings (SSSR count). The first-order valence-corrected chi connectivity index (χ1v) is 12.2. The monoisotopic (exact) mass is 449 g/mol. The highest BCUT2D eigenvalue weighted by Gasteiger charge is 2.32. The van der Waals surface area contributed by atoms with E-state index in [1.807, 2.05) is 22.4 Å². The molecule has 1 atom stereocenters. The highest BCUT2D eigenvalue weighted by Crippen LogP contribution is 2.31. The summed E-state index contributed by atoms with van der Waals surface area (Å²) in [5, 5.41) is 6.06. The first-order valence-electron chi connectivity index (χ1n) is 11.3. The number of aromatic nitrogens is 2. The van der Waals surface area contributed by atoms with Gasteiger partial charge in [0.15, 0.2) is 0 Å². The Morgan fingerprint density at radius 2 is 2.00 bits per heavy atom. The molecule has 2 aromatic heterocycles. The van der Waals surface area contributed by atoms with Crippen molar-refractivity contribution in [2.45, 2.75) is 44.7 Å². The van der Waals surface area contributed by atoms with E-state index >= 15 is 0 Å². The summed E-state index contributed by atoms with van der Waals surface area (Å²) in [6, 6.07) is 10.1. The molecule has 0 aliphatic carbocycles. The molecule has 7 nitrogen and oxygen atoms in total. The third-order valence-corrected chi connectivity index (χ3v) is 7.24. The molecule has 1 unspecified atom stereocenters. The van der Waals surface area contributed by atoms with Crippen molar-refractivity contribution in [1.82, 2.24) is 20.2 Å². The minimum Gasteiger partial charge on any atom is -0.354 e. The van der Waals surface area contributed by atoms with Crippen LogP contribution in [-0.2, 0) is 22.6 Å². The van der Waals surface area contributed by atoms with E-state index in [0.717, 1.165) is 48.4 Å². The van der Waals surface area contributed by atoms with Crippen LogP contribution in [0.25, 0.3) is 10.2 Å². The van der Waals surface area contributed by atoms with Gasteiger partial charge in [0.1, 0.15) is 23.0 Å². The number of benzene rings is 1. The quantitative estimate of drug-likeness (QED) is 0.585. The summed E-state index contributed by atoms with van der Waals surface area (Å²) in [7, 11) is 0. The lowest BCUT2D eigenvalue weighted by atomic mass is 9.99. The standard InChI is InChI=1S/C24H27N5O2S/c30-21(28-13-9-17-5-1-2-6-18(17)15-28)8-3-11-25-23(31)20-7-4-12-29(20)22-19-10-14-32-24(19)27-16-26-22/h1-2,5-6,10,14,16,20H,3-4,7-9,11-13,15H2,(H,25,31). The maximum absolute atomic E-state index is 12.9. The van der Waals surface area contributed by atoms with Crippen LogP contribution in [0.5, 0.6) is 0 Å². The molecule has 4 heterocycles. The Morgan fingerprint density at radius 3 is 2.91 bits per heavy atom. The molecular weight excluding hydrogens is 422 g/mol. The van der Waals surface area contributed by atoms with Gasteiger partial charge in [-0.05, 0) is 48.3 Å². The summed E-state index contributed by atoms with van der Waals surface area (Å²) in [5.74, 6) is 1.02. The number of nitrogens with one attached hydrogen (secondary N) is 1. The van der Waals surface area contributed by atoms with Gasteiger partial charge < -0.3 is 15.1 Å². The lowest BCUT2D eigenvalue weighted by Crippen LogP contribution is -2.44. The van der Waals surface area contributed by atoms with Gasteiger partial charge in [-0.25, -0.2) is 9.97 Å². The fourth-order valence-electron chi connectivity index (χ4n) is 4.73. The molecule has 1 saturated heterocycles. The maximum Gasteiger partial charge on any atom is 0.242 e. The van der Waals surface area contributed by atoms with Gasteiger partial charge in [-0.1, -0.05) is 24.3 Å². The molecule has 2 aliphatic heterocycles. The Morgan fingerprint density at radius 1 is 1.12 bits per heavy atom. The van der Waals surface area contributed by atoms with Crippen LogP contribution < -0.4 is 10.2 Å². The average Bonchev–Trinajstić information content (AvgIpc) is 3.51. The Hall–Kier alpha value is -3.00. The summed E-state index contributed by atoms with van der Waals surface area (Å²) in [6.07, 6.45) is 5.37. The largest absolute Gasteiger partial charge is 0.354 e. The zero-order valence-electron chi connectivity index (χ0n) is 18.0. The third-order valence-electron chi connectivity index (χ3n) is 6.42. The zero-order chi connectivity index (χ0) is 21.9. The van der Waals surface area contributed by atoms with Crippen LogP contribution in [0, 0.1) is 0 Å². The predicted octanol–water partition coefficient (Wildman–Crippen LogP) is 3.14. The van der Waals surface area contributed by atoms with E-state index in [-0.39, 0.29) is 17.9 Å². The van der Waals surface area contributed by atoms with Gasteiger partial charge in [-0.2, -0.15) is 0 Å². The zero-order valence-corrected chi connectivity index (χ0v) is 18.8. The fraction of sp³-hybridized carbons (Fsp3) is 0.417. The molecule has 1 aromatic carbocycles. The van der Waals surface area contributed by atoms with Gasteiger partial charge in [0.2, 0.25) is 11.8 Å². The Balaban J connectivity index is 1.12. The molecule has 1 N–H and O–H groups in total. The minimum absolute atomic E-state index is 0.0174. The van der Waals surface area contributed by atoms with Crippen molar-refractivity contribution in [1.29, 1.82) is 0 Å². The molecule has 1 fully saturated rings. The molecule has 0 bridgehead atoms. The van der Waals surface area contributed by atoms with Crippen molar-refractivity contribution in [2.75, 3.05) is 24.5 Å². The first kappa shape index (κ1) is 20.9. The first-order chi connectivity index (χ1) is 15.7. The second kappa shape index (κ2) is 9.24. The SMILES string of the molecule is O=C(NCCCC(=O)N1CCc2ccccc2C1)C1CCCN1c1ncnc2sccc12. The summed E-state index contributed by atoms with van der Waals surface area (Å²) in [5.41, 5.74) is 2.58. The van der Waals surface area contributed by atoms with Crippen molar-refractivity contribution in [3.05, 3.63) is 53.2 Å². The van der Waals surface area contributed by atoms with E-state index in [1.165, 1.54) is 11.1 Å². The van der Waals surface area contributed by atoms with Crippen LogP contribution in [-0.4, -0.2) is 52.4 Å². The van der Waals surface area contributed by atoms with E-state index in [9.17, 15) is 9.59 Å². The second-order valence-electron chi connectivity index (χ2n) is 8.42. The van der Waals surface area contributed by atoms with Crippen LogP contribution in [0.1, 0.15) is 36.8 Å². The average molecular weight is 450 g/mol. The molecule has 2 amide bonds. The van der Waals surface area contributed by atoms with E-state index in [2.05, 4.69) is 38.4 Å². The normalized spacial score (nSPS) is 18.1. The number of anilines is 1. The van der Waals surface area contributed by atoms with Crippen LogP contribution in [0.3, 0.4) is 0 Å².